The van der Waals surface area contributed by atoms with E-state index in [1.807, 2.05) is 0 Å². The van der Waals surface area contributed by atoms with Gasteiger partial charge in [-0.15, -0.1) is 0 Å². The molecule has 0 saturated heterocycles. The molecule has 0 unspecified atom stereocenters. The van der Waals surface area contributed by atoms with E-state index >= 15 is 0 Å². The molecule has 6 nitrogen and oxygen atoms in total. The van der Waals surface area contributed by atoms with Crippen molar-refractivity contribution in [3.05, 3.63) is 45.0 Å². The molecule has 21 heavy (non-hydrogen) atoms. The average Bonchev–Trinajstić information content (AvgIpc) is 2.48. The fourth-order valence-corrected chi connectivity index (χ4v) is 3.43. The Morgan fingerprint density at radius 3 is 2.57 bits per heavy atom. The first-order chi connectivity index (χ1) is 9.85. The minimum atomic E-state index is -3.84. The van der Waals surface area contributed by atoms with Crippen LogP contribution in [0.4, 0.5) is 11.5 Å². The fraction of sp³-hybridized carbons (Fsp3) is 0. The van der Waals surface area contributed by atoms with Crippen LogP contribution in [0.2, 0.25) is 10.0 Å². The lowest BCUT2D eigenvalue weighted by molar-refractivity contribution is 0.601. The van der Waals surface area contributed by atoms with Gasteiger partial charge in [0.1, 0.15) is 5.82 Å². The standard InChI is InChI=1S/C11H9BrCl2N4O2S/c12-7-1-2-8(11(14)10(7)13)18-21(19,20)6-3-4-16-9(5-6)17-15/h1-5,18H,15H2,(H,16,17). The zero-order valence-electron chi connectivity index (χ0n) is 10.3. The third-order valence-electron chi connectivity index (χ3n) is 2.47. The predicted octanol–water partition coefficient (Wildman–Crippen LogP) is 3.24. The number of nitrogens with one attached hydrogen (secondary N) is 2. The van der Waals surface area contributed by atoms with Crippen LogP contribution in [0.25, 0.3) is 0 Å². The van der Waals surface area contributed by atoms with E-state index < -0.39 is 10.0 Å². The van der Waals surface area contributed by atoms with Gasteiger partial charge in [0.15, 0.2) is 0 Å². The molecular weight excluding hydrogens is 403 g/mol. The zero-order valence-corrected chi connectivity index (χ0v) is 14.2. The quantitative estimate of drug-likeness (QED) is 0.407. The maximum absolute atomic E-state index is 12.3. The molecule has 0 aliphatic heterocycles. The van der Waals surface area contributed by atoms with Crippen molar-refractivity contribution in [1.82, 2.24) is 4.98 Å². The number of benzene rings is 1. The molecule has 0 aliphatic rings. The smallest absolute Gasteiger partial charge is 0.262 e. The molecule has 0 bridgehead atoms. The Labute approximate surface area is 139 Å². The fourth-order valence-electron chi connectivity index (χ4n) is 1.47. The highest BCUT2D eigenvalue weighted by Crippen LogP contribution is 2.36. The Morgan fingerprint density at radius 1 is 1.19 bits per heavy atom. The molecule has 2 rings (SSSR count). The van der Waals surface area contributed by atoms with E-state index in [1.165, 1.54) is 24.4 Å². The summed E-state index contributed by atoms with van der Waals surface area (Å²) >= 11 is 15.2. The highest BCUT2D eigenvalue weighted by atomic mass is 79.9. The van der Waals surface area contributed by atoms with E-state index in [1.54, 1.807) is 6.07 Å². The normalized spacial score (nSPS) is 11.2. The van der Waals surface area contributed by atoms with Crippen molar-refractivity contribution in [3.63, 3.8) is 0 Å². The summed E-state index contributed by atoms with van der Waals surface area (Å²) in [6.45, 7) is 0. The highest BCUT2D eigenvalue weighted by Gasteiger charge is 2.18. The van der Waals surface area contributed by atoms with Gasteiger partial charge in [0.2, 0.25) is 0 Å². The van der Waals surface area contributed by atoms with Gasteiger partial charge in [-0.3, -0.25) is 4.72 Å². The number of aromatic nitrogens is 1. The molecule has 0 fully saturated rings. The number of pyridine rings is 1. The van der Waals surface area contributed by atoms with E-state index in [0.717, 1.165) is 0 Å². The van der Waals surface area contributed by atoms with E-state index in [2.05, 4.69) is 31.1 Å². The lowest BCUT2D eigenvalue weighted by atomic mass is 10.3. The molecule has 10 heteroatoms. The number of anilines is 2. The van der Waals surface area contributed by atoms with Gasteiger partial charge in [-0.25, -0.2) is 19.2 Å². The Balaban J connectivity index is 2.40. The van der Waals surface area contributed by atoms with E-state index in [-0.39, 0.29) is 26.4 Å². The maximum Gasteiger partial charge on any atom is 0.262 e. The molecule has 0 amide bonds. The molecule has 112 valence electrons. The van der Waals surface area contributed by atoms with Gasteiger partial charge in [0.05, 0.1) is 20.6 Å². The summed E-state index contributed by atoms with van der Waals surface area (Å²) in [5, 5.41) is 0.316. The number of hydrazine groups is 1. The zero-order chi connectivity index (χ0) is 15.6. The number of rotatable bonds is 4. The lowest BCUT2D eigenvalue weighted by Crippen LogP contribution is -2.15. The molecule has 1 aromatic carbocycles. The van der Waals surface area contributed by atoms with Crippen LogP contribution in [0.15, 0.2) is 39.8 Å². The van der Waals surface area contributed by atoms with Crippen LogP contribution in [-0.2, 0) is 10.0 Å². The van der Waals surface area contributed by atoms with Gasteiger partial charge in [-0.05, 0) is 34.1 Å². The Bertz CT molecular complexity index is 786. The molecule has 2 aromatic rings. The largest absolute Gasteiger partial charge is 0.308 e. The Hall–Kier alpha value is -1.06. The minimum absolute atomic E-state index is 0.0134. The molecular formula is C11H9BrCl2N4O2S. The minimum Gasteiger partial charge on any atom is -0.308 e. The van der Waals surface area contributed by atoms with Crippen molar-refractivity contribution in [2.75, 3.05) is 10.1 Å². The second-order valence-electron chi connectivity index (χ2n) is 3.85. The molecule has 1 heterocycles. The first-order valence-corrected chi connectivity index (χ1v) is 8.47. The summed E-state index contributed by atoms with van der Waals surface area (Å²) in [5.41, 5.74) is 2.44. The Morgan fingerprint density at radius 2 is 1.90 bits per heavy atom. The summed E-state index contributed by atoms with van der Waals surface area (Å²) in [4.78, 5) is 3.83. The summed E-state index contributed by atoms with van der Waals surface area (Å²) in [7, 11) is -3.84. The lowest BCUT2D eigenvalue weighted by Gasteiger charge is -2.11. The second kappa shape index (κ2) is 6.37. The Kier molecular flexibility index (Phi) is 4.95. The van der Waals surface area contributed by atoms with Crippen LogP contribution in [-0.4, -0.2) is 13.4 Å². The summed E-state index contributed by atoms with van der Waals surface area (Å²) < 4.78 is 27.5. The SMILES string of the molecule is NNc1cc(S(=O)(=O)Nc2ccc(Br)c(Cl)c2Cl)ccn1. The second-order valence-corrected chi connectivity index (χ2v) is 7.14. The number of sulfonamides is 1. The molecule has 0 atom stereocenters. The monoisotopic (exact) mass is 410 g/mol. The number of hydrogen-bond donors (Lipinski definition) is 3. The third kappa shape index (κ3) is 3.58. The van der Waals surface area contributed by atoms with Crippen LogP contribution in [0.5, 0.6) is 0 Å². The summed E-state index contributed by atoms with van der Waals surface area (Å²) in [6, 6.07) is 5.71. The topological polar surface area (TPSA) is 97.1 Å². The van der Waals surface area contributed by atoms with Crippen LogP contribution < -0.4 is 16.0 Å². The summed E-state index contributed by atoms with van der Waals surface area (Å²) in [6.07, 6.45) is 1.32. The van der Waals surface area contributed by atoms with Crippen LogP contribution in [0, 0.1) is 0 Å². The van der Waals surface area contributed by atoms with Crippen molar-refractivity contribution < 1.29 is 8.42 Å². The first kappa shape index (κ1) is 16.3. The molecule has 0 spiro atoms. The molecule has 4 N–H and O–H groups in total. The number of nitrogens with zero attached hydrogens (tertiary/aromatic N) is 1. The van der Waals surface area contributed by atoms with Crippen molar-refractivity contribution in [2.45, 2.75) is 4.90 Å². The van der Waals surface area contributed by atoms with Gasteiger partial charge in [0, 0.05) is 16.7 Å². The molecule has 0 aliphatic carbocycles. The predicted molar refractivity (Wildman–Crippen MR) is 87.0 cm³/mol. The third-order valence-corrected chi connectivity index (χ3v) is 5.60. The van der Waals surface area contributed by atoms with Gasteiger partial charge >= 0.3 is 0 Å². The van der Waals surface area contributed by atoms with Crippen molar-refractivity contribution in [1.29, 1.82) is 0 Å². The van der Waals surface area contributed by atoms with Gasteiger partial charge in [-0.2, -0.15) is 0 Å². The number of nitrogen functional groups attached to an aromatic ring is 1. The van der Waals surface area contributed by atoms with Crippen LogP contribution in [0.1, 0.15) is 0 Å². The first-order valence-electron chi connectivity index (χ1n) is 5.44. The molecule has 1 aromatic heterocycles. The van der Waals surface area contributed by atoms with Crippen LogP contribution in [0.3, 0.4) is 0 Å². The number of hydrogen-bond acceptors (Lipinski definition) is 5. The van der Waals surface area contributed by atoms with E-state index in [4.69, 9.17) is 29.0 Å². The molecule has 0 radical (unpaired) electrons. The van der Waals surface area contributed by atoms with Gasteiger partial charge in [0.25, 0.3) is 10.0 Å². The van der Waals surface area contributed by atoms with Crippen LogP contribution >= 0.6 is 39.1 Å². The summed E-state index contributed by atoms with van der Waals surface area (Å²) in [5.74, 6) is 5.42. The highest BCUT2D eigenvalue weighted by molar-refractivity contribution is 9.10. The molecule has 0 saturated carbocycles. The van der Waals surface area contributed by atoms with Crippen molar-refractivity contribution in [3.8, 4) is 0 Å². The maximum atomic E-state index is 12.3. The van der Waals surface area contributed by atoms with Crippen molar-refractivity contribution >= 4 is 60.7 Å². The average molecular weight is 412 g/mol. The number of nitrogens with two attached hydrogens (primary N) is 1. The van der Waals surface area contributed by atoms with Gasteiger partial charge in [-0.1, -0.05) is 23.2 Å². The van der Waals surface area contributed by atoms with E-state index in [9.17, 15) is 8.42 Å². The number of halogens is 3. The van der Waals surface area contributed by atoms with E-state index in [0.29, 0.717) is 4.47 Å². The van der Waals surface area contributed by atoms with Crippen molar-refractivity contribution in [2.24, 2.45) is 5.84 Å². The van der Waals surface area contributed by atoms with Gasteiger partial charge < -0.3 is 5.43 Å².